The lowest BCUT2D eigenvalue weighted by Crippen LogP contribution is -2.52. The average molecular weight is 306 g/mol. The van der Waals surface area contributed by atoms with Crippen LogP contribution in [0, 0.1) is 6.92 Å². The minimum Gasteiger partial charge on any atom is -0.344 e. The molecule has 0 aromatic carbocycles. The normalized spacial score (nSPS) is 16.1. The van der Waals surface area contributed by atoms with Gasteiger partial charge >= 0.3 is 6.03 Å². The van der Waals surface area contributed by atoms with Gasteiger partial charge in [-0.1, -0.05) is 11.6 Å². The lowest BCUT2D eigenvalue weighted by Gasteiger charge is -2.40. The predicted molar refractivity (Wildman–Crippen MR) is 80.3 cm³/mol. The van der Waals surface area contributed by atoms with Crippen LogP contribution >= 0.6 is 11.6 Å². The fraction of sp³-hybridized carbons (Fsp3) is 0.357. The number of aromatic nitrogens is 3. The fourth-order valence-electron chi connectivity index (χ4n) is 2.46. The third kappa shape index (κ3) is 2.71. The molecule has 2 heterocycles. The Morgan fingerprint density at radius 2 is 2.24 bits per heavy atom. The van der Waals surface area contributed by atoms with E-state index in [2.05, 4.69) is 25.6 Å². The molecular formula is C14H16ClN5O. The number of nitrogens with zero attached hydrogens (tertiary/aromatic N) is 2. The monoisotopic (exact) mass is 305 g/mol. The summed E-state index contributed by atoms with van der Waals surface area (Å²) in [5.74, 6) is 0.804. The maximum atomic E-state index is 12.2. The molecule has 0 unspecified atom stereocenters. The topological polar surface area (TPSA) is 82.7 Å². The molecule has 6 nitrogen and oxygen atoms in total. The zero-order valence-corrected chi connectivity index (χ0v) is 12.4. The maximum Gasteiger partial charge on any atom is 0.320 e. The van der Waals surface area contributed by atoms with Crippen LogP contribution in [0.4, 0.5) is 10.5 Å². The van der Waals surface area contributed by atoms with Crippen LogP contribution in [0.5, 0.6) is 0 Å². The third-order valence-corrected chi connectivity index (χ3v) is 4.02. The number of amides is 2. The first-order chi connectivity index (χ1) is 10.1. The van der Waals surface area contributed by atoms with Crippen LogP contribution < -0.4 is 10.6 Å². The Hall–Kier alpha value is -2.08. The van der Waals surface area contributed by atoms with E-state index in [0.29, 0.717) is 5.69 Å². The molecule has 0 saturated heterocycles. The van der Waals surface area contributed by atoms with Gasteiger partial charge in [-0.05, 0) is 38.3 Å². The zero-order chi connectivity index (χ0) is 14.9. The van der Waals surface area contributed by atoms with E-state index < -0.39 is 5.54 Å². The molecule has 1 aliphatic carbocycles. The van der Waals surface area contributed by atoms with E-state index >= 15 is 0 Å². The third-order valence-electron chi connectivity index (χ3n) is 3.72. The van der Waals surface area contributed by atoms with Crippen LogP contribution in [0.3, 0.4) is 0 Å². The van der Waals surface area contributed by atoms with E-state index in [1.54, 1.807) is 24.5 Å². The molecule has 0 bridgehead atoms. The van der Waals surface area contributed by atoms with Crippen LogP contribution in [0.15, 0.2) is 24.5 Å². The summed E-state index contributed by atoms with van der Waals surface area (Å²) in [5, 5.41) is 6.00. The highest BCUT2D eigenvalue weighted by Gasteiger charge is 2.42. The molecule has 1 saturated carbocycles. The Kier molecular flexibility index (Phi) is 3.55. The van der Waals surface area contributed by atoms with Gasteiger partial charge in [0.1, 0.15) is 5.82 Å². The van der Waals surface area contributed by atoms with Gasteiger partial charge in [0.05, 0.1) is 11.2 Å². The molecule has 2 aromatic rings. The molecule has 3 rings (SSSR count). The van der Waals surface area contributed by atoms with Gasteiger partial charge in [-0.2, -0.15) is 0 Å². The number of urea groups is 1. The number of carbonyl (C=O) groups excluding carboxylic acids is 1. The van der Waals surface area contributed by atoms with Crippen molar-refractivity contribution in [2.45, 2.75) is 31.7 Å². The van der Waals surface area contributed by atoms with Gasteiger partial charge in [0.2, 0.25) is 0 Å². The van der Waals surface area contributed by atoms with Crippen molar-refractivity contribution in [2.75, 3.05) is 5.32 Å². The Morgan fingerprint density at radius 1 is 1.43 bits per heavy atom. The Balaban J connectivity index is 1.73. The summed E-state index contributed by atoms with van der Waals surface area (Å²) in [6.45, 7) is 1.94. The molecule has 21 heavy (non-hydrogen) atoms. The molecule has 3 N–H and O–H groups in total. The number of H-pyrrole nitrogens is 1. The van der Waals surface area contributed by atoms with Crippen LogP contribution in [0.1, 0.15) is 30.8 Å². The second-order valence-corrected chi connectivity index (χ2v) is 5.63. The second-order valence-electron chi connectivity index (χ2n) is 5.27. The van der Waals surface area contributed by atoms with Gasteiger partial charge < -0.3 is 15.6 Å². The second kappa shape index (κ2) is 5.37. The van der Waals surface area contributed by atoms with Gasteiger partial charge in [0.15, 0.2) is 5.15 Å². The van der Waals surface area contributed by atoms with Gasteiger partial charge in [0.25, 0.3) is 0 Å². The summed E-state index contributed by atoms with van der Waals surface area (Å²) in [6, 6.07) is 3.12. The average Bonchev–Trinajstić information content (AvgIpc) is 2.83. The zero-order valence-electron chi connectivity index (χ0n) is 11.6. The Labute approximate surface area is 127 Å². The SMILES string of the molecule is Cc1cnc(C2(NC(=O)Nc3cccnc3Cl)CCC2)[nH]1. The number of pyridine rings is 1. The van der Waals surface area contributed by atoms with Crippen molar-refractivity contribution >= 4 is 23.3 Å². The molecule has 0 atom stereocenters. The number of hydrogen-bond acceptors (Lipinski definition) is 3. The van der Waals surface area contributed by atoms with Crippen LogP contribution in [-0.2, 0) is 5.54 Å². The number of carbonyl (C=O) groups is 1. The highest BCUT2D eigenvalue weighted by atomic mass is 35.5. The molecule has 0 spiro atoms. The molecule has 7 heteroatoms. The summed E-state index contributed by atoms with van der Waals surface area (Å²) >= 11 is 5.94. The molecule has 110 valence electrons. The van der Waals surface area contributed by atoms with Crippen molar-refractivity contribution in [3.8, 4) is 0 Å². The predicted octanol–water partition coefficient (Wildman–Crippen LogP) is 2.97. The highest BCUT2D eigenvalue weighted by molar-refractivity contribution is 6.32. The standard InChI is InChI=1S/C14H16ClN5O/c1-9-8-17-12(18-9)14(5-3-6-14)20-13(21)19-10-4-2-7-16-11(10)15/h2,4,7-8H,3,5-6H2,1H3,(H,17,18)(H2,19,20,21). The van der Waals surface area contributed by atoms with Crippen molar-refractivity contribution in [1.82, 2.24) is 20.3 Å². The minimum absolute atomic E-state index is 0.268. The summed E-state index contributed by atoms with van der Waals surface area (Å²) in [7, 11) is 0. The van der Waals surface area contributed by atoms with Crippen molar-refractivity contribution < 1.29 is 4.79 Å². The van der Waals surface area contributed by atoms with Crippen molar-refractivity contribution in [3.63, 3.8) is 0 Å². The summed E-state index contributed by atoms with van der Waals surface area (Å²) in [4.78, 5) is 23.7. The lowest BCUT2D eigenvalue weighted by atomic mass is 9.76. The summed E-state index contributed by atoms with van der Waals surface area (Å²) in [5.41, 5.74) is 1.06. The molecule has 2 aromatic heterocycles. The quantitative estimate of drug-likeness (QED) is 0.762. The number of rotatable bonds is 3. The summed E-state index contributed by atoms with van der Waals surface area (Å²) < 4.78 is 0. The van der Waals surface area contributed by atoms with E-state index in [9.17, 15) is 4.79 Å². The van der Waals surface area contributed by atoms with Crippen molar-refractivity contribution in [3.05, 3.63) is 41.2 Å². The first-order valence-corrected chi connectivity index (χ1v) is 7.19. The Morgan fingerprint density at radius 3 is 2.81 bits per heavy atom. The Bertz CT molecular complexity index is 665. The number of imidazole rings is 1. The van der Waals surface area contributed by atoms with E-state index in [4.69, 9.17) is 11.6 Å². The fourth-order valence-corrected chi connectivity index (χ4v) is 2.62. The highest BCUT2D eigenvalue weighted by Crippen LogP contribution is 2.39. The van der Waals surface area contributed by atoms with E-state index in [-0.39, 0.29) is 11.2 Å². The number of aromatic amines is 1. The molecule has 0 aliphatic heterocycles. The van der Waals surface area contributed by atoms with Gasteiger partial charge in [-0.25, -0.2) is 14.8 Å². The minimum atomic E-state index is -0.410. The largest absolute Gasteiger partial charge is 0.344 e. The first-order valence-electron chi connectivity index (χ1n) is 6.81. The number of nitrogens with one attached hydrogen (secondary N) is 3. The summed E-state index contributed by atoms with van der Waals surface area (Å²) in [6.07, 6.45) is 6.15. The van der Waals surface area contributed by atoms with E-state index in [0.717, 1.165) is 30.8 Å². The number of aryl methyl sites for hydroxylation is 1. The molecular weight excluding hydrogens is 290 g/mol. The molecule has 1 fully saturated rings. The van der Waals surface area contributed by atoms with Crippen LogP contribution in [0.25, 0.3) is 0 Å². The molecule has 1 aliphatic rings. The smallest absolute Gasteiger partial charge is 0.320 e. The van der Waals surface area contributed by atoms with E-state index in [1.807, 2.05) is 6.92 Å². The number of anilines is 1. The van der Waals surface area contributed by atoms with Gasteiger partial charge in [0, 0.05) is 18.1 Å². The lowest BCUT2D eigenvalue weighted by molar-refractivity contribution is 0.176. The van der Waals surface area contributed by atoms with Crippen molar-refractivity contribution in [2.24, 2.45) is 0 Å². The van der Waals surface area contributed by atoms with Gasteiger partial charge in [-0.3, -0.25) is 0 Å². The van der Waals surface area contributed by atoms with Crippen LogP contribution in [-0.4, -0.2) is 21.0 Å². The van der Waals surface area contributed by atoms with Crippen LogP contribution in [0.2, 0.25) is 5.15 Å². The first kappa shape index (κ1) is 13.9. The number of hydrogen-bond donors (Lipinski definition) is 3. The van der Waals surface area contributed by atoms with Crippen molar-refractivity contribution in [1.29, 1.82) is 0 Å². The molecule has 0 radical (unpaired) electrons. The van der Waals surface area contributed by atoms with E-state index in [1.165, 1.54) is 0 Å². The molecule has 2 amide bonds. The maximum absolute atomic E-state index is 12.2. The number of halogens is 1. The van der Waals surface area contributed by atoms with Gasteiger partial charge in [-0.15, -0.1) is 0 Å².